The molecule has 0 saturated carbocycles. The van der Waals surface area contributed by atoms with Crippen LogP contribution in [0.25, 0.3) is 0 Å². The number of carbonyl (C=O) groups excluding carboxylic acids is 1. The van der Waals surface area contributed by atoms with Crippen molar-refractivity contribution in [2.45, 2.75) is 24.8 Å². The molecule has 2 N–H and O–H groups in total. The third kappa shape index (κ3) is 3.86. The number of benzene rings is 3. The highest BCUT2D eigenvalue weighted by atomic mass is 79.9. The van der Waals surface area contributed by atoms with Crippen LogP contribution in [0.4, 0.5) is 11.4 Å². The lowest BCUT2D eigenvalue weighted by molar-refractivity contribution is -0.116. The number of Topliss-reactive ketones (excluding diaryl/α,β-unsaturated/α-hetero) is 1. The Kier molecular flexibility index (Phi) is 5.76. The molecule has 7 nitrogen and oxygen atoms in total. The van der Waals surface area contributed by atoms with E-state index in [-0.39, 0.29) is 24.5 Å². The normalized spacial score (nSPS) is 20.0. The molecular formula is C28H25BrN2O5. The first kappa shape index (κ1) is 22.8. The number of fused-ring (bicyclic) bond motifs is 2. The van der Waals surface area contributed by atoms with Gasteiger partial charge in [0.1, 0.15) is 0 Å². The van der Waals surface area contributed by atoms with E-state index in [1.54, 1.807) is 14.2 Å². The van der Waals surface area contributed by atoms with Gasteiger partial charge in [-0.3, -0.25) is 4.79 Å². The molecule has 8 heteroatoms. The Morgan fingerprint density at radius 2 is 1.67 bits per heavy atom. The third-order valence-corrected chi connectivity index (χ3v) is 7.68. The highest BCUT2D eigenvalue weighted by molar-refractivity contribution is 9.10. The minimum atomic E-state index is -0.362. The highest BCUT2D eigenvalue weighted by Crippen LogP contribution is 2.48. The summed E-state index contributed by atoms with van der Waals surface area (Å²) in [7, 11) is 3.24. The molecule has 0 radical (unpaired) electrons. The number of halogens is 1. The summed E-state index contributed by atoms with van der Waals surface area (Å²) in [5, 5.41) is 7.20. The van der Waals surface area contributed by atoms with Gasteiger partial charge in [-0.05, 0) is 59.9 Å². The van der Waals surface area contributed by atoms with Gasteiger partial charge in [0, 0.05) is 22.2 Å². The van der Waals surface area contributed by atoms with Gasteiger partial charge in [-0.2, -0.15) is 0 Å². The number of para-hydroxylation sites is 2. The first-order valence-electron chi connectivity index (χ1n) is 11.8. The van der Waals surface area contributed by atoms with E-state index < -0.39 is 0 Å². The maximum Gasteiger partial charge on any atom is 0.231 e. The maximum absolute atomic E-state index is 13.9. The fraction of sp³-hybridized carbons (Fsp3) is 0.250. The Hall–Kier alpha value is -3.65. The molecule has 0 aromatic heterocycles. The van der Waals surface area contributed by atoms with Crippen LogP contribution in [0.5, 0.6) is 23.0 Å². The van der Waals surface area contributed by atoms with Crippen molar-refractivity contribution in [3.8, 4) is 23.0 Å². The molecular weight excluding hydrogens is 524 g/mol. The van der Waals surface area contributed by atoms with Crippen LogP contribution in [0, 0.1) is 0 Å². The first-order valence-corrected chi connectivity index (χ1v) is 12.5. The van der Waals surface area contributed by atoms with Crippen molar-refractivity contribution >= 4 is 33.1 Å². The first-order chi connectivity index (χ1) is 17.6. The van der Waals surface area contributed by atoms with E-state index in [0.29, 0.717) is 35.8 Å². The van der Waals surface area contributed by atoms with Crippen molar-refractivity contribution in [1.29, 1.82) is 0 Å². The standard InChI is InChI=1S/C28H25BrN2O5/c1-33-23-8-7-15(11-24(23)34-2)16-9-21-27(22(32)10-16)28(31-20-6-4-3-5-19(20)30-21)17-12-25-26(13-18(17)29)36-14-35-25/h3-8,11-13,16,28,30-31H,9-10,14H2,1-2H3/t16-,28+/m1/s1. The summed E-state index contributed by atoms with van der Waals surface area (Å²) < 4.78 is 23.0. The predicted octanol–water partition coefficient (Wildman–Crippen LogP) is 6.17. The summed E-state index contributed by atoms with van der Waals surface area (Å²) >= 11 is 3.71. The van der Waals surface area contributed by atoms with E-state index in [1.807, 2.05) is 54.6 Å². The fourth-order valence-electron chi connectivity index (χ4n) is 5.22. The highest BCUT2D eigenvalue weighted by Gasteiger charge is 2.37. The van der Waals surface area contributed by atoms with Crippen molar-refractivity contribution in [2.24, 2.45) is 0 Å². The molecule has 0 fully saturated rings. The Morgan fingerprint density at radius 1 is 0.917 bits per heavy atom. The van der Waals surface area contributed by atoms with Crippen LogP contribution in [0.1, 0.15) is 35.9 Å². The van der Waals surface area contributed by atoms with E-state index in [0.717, 1.165) is 38.2 Å². The smallest absolute Gasteiger partial charge is 0.231 e. The van der Waals surface area contributed by atoms with E-state index in [1.165, 1.54) is 0 Å². The summed E-state index contributed by atoms with van der Waals surface area (Å²) in [6.07, 6.45) is 1.08. The number of ether oxygens (including phenoxy) is 4. The summed E-state index contributed by atoms with van der Waals surface area (Å²) in [5.41, 5.74) is 5.48. The van der Waals surface area contributed by atoms with Gasteiger partial charge >= 0.3 is 0 Å². The maximum atomic E-state index is 13.9. The van der Waals surface area contributed by atoms with Crippen LogP contribution < -0.4 is 29.6 Å². The lowest BCUT2D eigenvalue weighted by atomic mass is 9.78. The summed E-state index contributed by atoms with van der Waals surface area (Å²) in [4.78, 5) is 13.9. The fourth-order valence-corrected chi connectivity index (χ4v) is 5.77. The summed E-state index contributed by atoms with van der Waals surface area (Å²) in [6.45, 7) is 0.188. The lowest BCUT2D eigenvalue weighted by Gasteiger charge is -2.30. The minimum Gasteiger partial charge on any atom is -0.493 e. The molecule has 0 spiro atoms. The number of anilines is 2. The van der Waals surface area contributed by atoms with E-state index in [4.69, 9.17) is 18.9 Å². The number of rotatable bonds is 4. The predicted molar refractivity (Wildman–Crippen MR) is 140 cm³/mol. The number of nitrogens with one attached hydrogen (secondary N) is 2. The van der Waals surface area contributed by atoms with Gasteiger partial charge in [0.2, 0.25) is 6.79 Å². The number of hydrogen-bond donors (Lipinski definition) is 2. The van der Waals surface area contributed by atoms with Gasteiger partial charge in [0.05, 0.1) is 31.6 Å². The second-order valence-electron chi connectivity index (χ2n) is 9.01. The molecule has 2 aliphatic heterocycles. The lowest BCUT2D eigenvalue weighted by Crippen LogP contribution is -2.27. The van der Waals surface area contributed by atoms with Crippen molar-refractivity contribution in [3.63, 3.8) is 0 Å². The molecule has 0 bridgehead atoms. The van der Waals surface area contributed by atoms with Gasteiger partial charge in [0.15, 0.2) is 28.8 Å². The molecule has 0 amide bonds. The van der Waals surface area contributed by atoms with Gasteiger partial charge in [-0.25, -0.2) is 0 Å². The number of allylic oxidation sites excluding steroid dienone is 1. The van der Waals surface area contributed by atoms with Crippen LogP contribution in [-0.2, 0) is 4.79 Å². The minimum absolute atomic E-state index is 0.00895. The quantitative estimate of drug-likeness (QED) is 0.403. The van der Waals surface area contributed by atoms with Gasteiger partial charge in [0.25, 0.3) is 0 Å². The summed E-state index contributed by atoms with van der Waals surface area (Å²) in [5.74, 6) is 2.80. The Balaban J connectivity index is 1.45. The molecule has 2 heterocycles. The average molecular weight is 549 g/mol. The average Bonchev–Trinajstić information content (AvgIpc) is 3.27. The second kappa shape index (κ2) is 9.09. The second-order valence-corrected chi connectivity index (χ2v) is 9.86. The molecule has 2 atom stereocenters. The Morgan fingerprint density at radius 3 is 2.44 bits per heavy atom. The molecule has 1 aliphatic carbocycles. The molecule has 3 aromatic carbocycles. The Bertz CT molecular complexity index is 1400. The number of carbonyl (C=O) groups is 1. The summed E-state index contributed by atoms with van der Waals surface area (Å²) in [6, 6.07) is 17.4. The van der Waals surface area contributed by atoms with Crippen LogP contribution in [0.2, 0.25) is 0 Å². The van der Waals surface area contributed by atoms with E-state index >= 15 is 0 Å². The molecule has 184 valence electrons. The zero-order chi connectivity index (χ0) is 24.8. The van der Waals surface area contributed by atoms with Crippen LogP contribution in [0.15, 0.2) is 70.3 Å². The van der Waals surface area contributed by atoms with Gasteiger partial charge < -0.3 is 29.6 Å². The van der Waals surface area contributed by atoms with Crippen molar-refractivity contribution < 1.29 is 23.7 Å². The number of ketones is 1. The van der Waals surface area contributed by atoms with Gasteiger partial charge in [-0.1, -0.05) is 34.1 Å². The van der Waals surface area contributed by atoms with E-state index in [9.17, 15) is 4.79 Å². The molecule has 36 heavy (non-hydrogen) atoms. The van der Waals surface area contributed by atoms with Crippen LogP contribution >= 0.6 is 15.9 Å². The molecule has 3 aromatic rings. The molecule has 0 unspecified atom stereocenters. The van der Waals surface area contributed by atoms with Crippen molar-refractivity contribution in [3.05, 3.63) is 81.5 Å². The molecule has 6 rings (SSSR count). The van der Waals surface area contributed by atoms with E-state index in [2.05, 4.69) is 26.6 Å². The monoisotopic (exact) mass is 548 g/mol. The molecule has 0 saturated heterocycles. The van der Waals surface area contributed by atoms with Crippen molar-refractivity contribution in [2.75, 3.05) is 31.6 Å². The Labute approximate surface area is 217 Å². The van der Waals surface area contributed by atoms with Gasteiger partial charge in [-0.15, -0.1) is 0 Å². The number of hydrogen-bond acceptors (Lipinski definition) is 7. The third-order valence-electron chi connectivity index (χ3n) is 6.99. The zero-order valence-corrected chi connectivity index (χ0v) is 21.5. The largest absolute Gasteiger partial charge is 0.493 e. The van der Waals surface area contributed by atoms with Crippen LogP contribution in [0.3, 0.4) is 0 Å². The van der Waals surface area contributed by atoms with Crippen molar-refractivity contribution in [1.82, 2.24) is 0 Å². The zero-order valence-electron chi connectivity index (χ0n) is 19.9. The topological polar surface area (TPSA) is 78.1 Å². The SMILES string of the molecule is COc1ccc([C@H]2CC(=O)C3=C(C2)Nc2ccccc2N[C@H]3c2cc3c(cc2Br)OCO3)cc1OC. The number of methoxy groups -OCH3 is 2. The van der Waals surface area contributed by atoms with Crippen LogP contribution in [-0.4, -0.2) is 26.8 Å². The molecule has 3 aliphatic rings.